The summed E-state index contributed by atoms with van der Waals surface area (Å²) in [5.74, 6) is 1.19. The van der Waals surface area contributed by atoms with E-state index in [0.717, 1.165) is 11.3 Å². The van der Waals surface area contributed by atoms with E-state index in [9.17, 15) is 5.11 Å². The van der Waals surface area contributed by atoms with Gasteiger partial charge in [0.1, 0.15) is 6.10 Å². The van der Waals surface area contributed by atoms with E-state index in [0.29, 0.717) is 18.1 Å². The van der Waals surface area contributed by atoms with E-state index in [-0.39, 0.29) is 0 Å². The van der Waals surface area contributed by atoms with Crippen LogP contribution < -0.4 is 0 Å². The summed E-state index contributed by atoms with van der Waals surface area (Å²) in [6, 6.07) is 2.01. The van der Waals surface area contributed by atoms with Gasteiger partial charge in [0, 0.05) is 13.3 Å². The Kier molecular flexibility index (Phi) is 2.88. The zero-order valence-electron chi connectivity index (χ0n) is 8.73. The molecule has 2 rings (SSSR count). The molecule has 0 radical (unpaired) electrons. The second kappa shape index (κ2) is 4.16. The Morgan fingerprint density at radius 1 is 1.53 bits per heavy atom. The van der Waals surface area contributed by atoms with Gasteiger partial charge in [0.25, 0.3) is 0 Å². The normalized spacial score (nSPS) is 13.0. The van der Waals surface area contributed by atoms with Gasteiger partial charge in [0.2, 0.25) is 0 Å². The molecule has 1 N–H and O–H groups in total. The number of nitrogens with zero attached hydrogens (tertiary/aromatic N) is 1. The van der Waals surface area contributed by atoms with Crippen LogP contribution in [0, 0.1) is 13.8 Å². The van der Waals surface area contributed by atoms with E-state index >= 15 is 0 Å². The molecule has 0 aliphatic heterocycles. The van der Waals surface area contributed by atoms with E-state index in [1.54, 1.807) is 18.3 Å². The highest BCUT2D eigenvalue weighted by Gasteiger charge is 2.17. The smallest absolute Gasteiger partial charge is 0.191 e. The molecule has 1 atom stereocenters. The number of hydrogen-bond acceptors (Lipinski definition) is 4. The second-order valence-corrected chi connectivity index (χ2v) is 4.31. The Morgan fingerprint density at radius 3 is 2.87 bits per heavy atom. The fourth-order valence-electron chi connectivity index (χ4n) is 1.58. The van der Waals surface area contributed by atoms with Crippen molar-refractivity contribution >= 4 is 11.3 Å². The first-order valence-corrected chi connectivity index (χ1v) is 5.74. The van der Waals surface area contributed by atoms with Crippen molar-refractivity contribution in [2.45, 2.75) is 26.4 Å². The van der Waals surface area contributed by atoms with Crippen LogP contribution >= 0.6 is 11.3 Å². The van der Waals surface area contributed by atoms with Gasteiger partial charge >= 0.3 is 0 Å². The lowest BCUT2D eigenvalue weighted by molar-refractivity contribution is 0.148. The van der Waals surface area contributed by atoms with Gasteiger partial charge in [-0.3, -0.25) is 0 Å². The number of hydrogen-bond donors (Lipinski definition) is 1. The molecule has 0 fully saturated rings. The van der Waals surface area contributed by atoms with Crippen LogP contribution in [-0.4, -0.2) is 10.1 Å². The van der Waals surface area contributed by atoms with Crippen LogP contribution in [-0.2, 0) is 6.42 Å². The van der Waals surface area contributed by atoms with Gasteiger partial charge in [0.05, 0.1) is 5.69 Å². The molecular formula is C11H13NO2S. The van der Waals surface area contributed by atoms with Gasteiger partial charge in [0.15, 0.2) is 11.7 Å². The highest BCUT2D eigenvalue weighted by molar-refractivity contribution is 7.07. The van der Waals surface area contributed by atoms with Crippen LogP contribution in [0.15, 0.2) is 21.2 Å². The van der Waals surface area contributed by atoms with Crippen molar-refractivity contribution in [1.82, 2.24) is 4.98 Å². The minimum Gasteiger partial charge on any atom is -0.443 e. The Balaban J connectivity index is 2.14. The maximum Gasteiger partial charge on any atom is 0.191 e. The summed E-state index contributed by atoms with van der Waals surface area (Å²) in [5.41, 5.74) is 1.90. The minimum absolute atomic E-state index is 0.582. The summed E-state index contributed by atoms with van der Waals surface area (Å²) < 4.78 is 5.37. The zero-order valence-corrected chi connectivity index (χ0v) is 9.54. The van der Waals surface area contributed by atoms with E-state index in [1.165, 1.54) is 0 Å². The topological polar surface area (TPSA) is 46.3 Å². The Hall–Kier alpha value is -1.13. The van der Waals surface area contributed by atoms with Crippen LogP contribution in [0.25, 0.3) is 0 Å². The molecule has 0 bridgehead atoms. The Labute approximate surface area is 92.4 Å². The quantitative estimate of drug-likeness (QED) is 0.870. The lowest BCUT2D eigenvalue weighted by atomic mass is 10.1. The molecule has 0 saturated heterocycles. The third-order valence-corrected chi connectivity index (χ3v) is 2.98. The van der Waals surface area contributed by atoms with Gasteiger partial charge in [-0.1, -0.05) is 0 Å². The van der Waals surface area contributed by atoms with Crippen LogP contribution in [0.5, 0.6) is 0 Å². The second-order valence-electron chi connectivity index (χ2n) is 3.53. The largest absolute Gasteiger partial charge is 0.443 e. The molecule has 1 unspecified atom stereocenters. The first-order chi connectivity index (χ1) is 7.16. The van der Waals surface area contributed by atoms with Crippen LogP contribution in [0.1, 0.15) is 29.0 Å². The summed E-state index contributed by atoms with van der Waals surface area (Å²) in [6.45, 7) is 3.64. The summed E-state index contributed by atoms with van der Waals surface area (Å²) in [7, 11) is 0. The van der Waals surface area contributed by atoms with E-state index < -0.39 is 6.10 Å². The average Bonchev–Trinajstić information content (AvgIpc) is 2.75. The molecule has 0 saturated carbocycles. The van der Waals surface area contributed by atoms with Crippen molar-refractivity contribution in [3.63, 3.8) is 0 Å². The number of aryl methyl sites for hydroxylation is 2. The maximum absolute atomic E-state index is 9.96. The van der Waals surface area contributed by atoms with Crippen molar-refractivity contribution in [2.24, 2.45) is 0 Å². The van der Waals surface area contributed by atoms with E-state index in [4.69, 9.17) is 4.42 Å². The summed E-state index contributed by atoms with van der Waals surface area (Å²) >= 11 is 1.63. The fourth-order valence-corrected chi connectivity index (χ4v) is 2.26. The zero-order chi connectivity index (χ0) is 10.8. The number of rotatable bonds is 3. The predicted molar refractivity (Wildman–Crippen MR) is 59.0 cm³/mol. The third kappa shape index (κ3) is 2.27. The molecule has 15 heavy (non-hydrogen) atoms. The number of aliphatic hydroxyl groups is 1. The Bertz CT molecular complexity index is 433. The van der Waals surface area contributed by atoms with Crippen LogP contribution in [0.4, 0.5) is 0 Å². The lowest BCUT2D eigenvalue weighted by Gasteiger charge is -2.06. The van der Waals surface area contributed by atoms with Crippen LogP contribution in [0.2, 0.25) is 0 Å². The first kappa shape index (κ1) is 10.4. The van der Waals surface area contributed by atoms with E-state index in [2.05, 4.69) is 4.98 Å². The van der Waals surface area contributed by atoms with Gasteiger partial charge in [-0.2, -0.15) is 11.3 Å². The van der Waals surface area contributed by atoms with Gasteiger partial charge < -0.3 is 9.52 Å². The number of thiophene rings is 1. The molecule has 0 spiro atoms. The maximum atomic E-state index is 9.96. The molecule has 80 valence electrons. The molecular weight excluding hydrogens is 210 g/mol. The number of aromatic nitrogens is 1. The molecule has 0 aromatic carbocycles. The minimum atomic E-state index is -0.596. The molecule has 2 aromatic heterocycles. The highest BCUT2D eigenvalue weighted by atomic mass is 32.1. The molecule has 0 aliphatic carbocycles. The van der Waals surface area contributed by atoms with Crippen molar-refractivity contribution in [2.75, 3.05) is 0 Å². The van der Waals surface area contributed by atoms with Crippen molar-refractivity contribution in [3.8, 4) is 0 Å². The standard InChI is InChI=1S/C11H13NO2S/c1-7-11(14-8(2)12-7)10(13)5-9-3-4-15-6-9/h3-4,6,10,13H,5H2,1-2H3. The fraction of sp³-hybridized carbons (Fsp3) is 0.364. The summed E-state index contributed by atoms with van der Waals surface area (Å²) in [5, 5.41) is 14.0. The first-order valence-electron chi connectivity index (χ1n) is 4.80. The molecule has 4 heteroatoms. The average molecular weight is 223 g/mol. The van der Waals surface area contributed by atoms with Gasteiger partial charge in [-0.05, 0) is 29.3 Å². The SMILES string of the molecule is Cc1nc(C)c(C(O)Cc2ccsc2)o1. The van der Waals surface area contributed by atoms with Crippen molar-refractivity contribution in [3.05, 3.63) is 39.7 Å². The number of aliphatic hydroxyl groups excluding tert-OH is 1. The molecule has 3 nitrogen and oxygen atoms in total. The summed E-state index contributed by atoms with van der Waals surface area (Å²) in [4.78, 5) is 4.14. The van der Waals surface area contributed by atoms with Gasteiger partial charge in [-0.25, -0.2) is 4.98 Å². The third-order valence-electron chi connectivity index (χ3n) is 2.25. The van der Waals surface area contributed by atoms with Gasteiger partial charge in [-0.15, -0.1) is 0 Å². The Morgan fingerprint density at radius 2 is 2.33 bits per heavy atom. The molecule has 0 aliphatic rings. The molecule has 2 aromatic rings. The molecule has 0 amide bonds. The van der Waals surface area contributed by atoms with E-state index in [1.807, 2.05) is 23.8 Å². The van der Waals surface area contributed by atoms with Crippen LogP contribution in [0.3, 0.4) is 0 Å². The monoisotopic (exact) mass is 223 g/mol. The molecule has 2 heterocycles. The predicted octanol–water partition coefficient (Wildman–Crippen LogP) is 2.63. The number of oxazole rings is 1. The summed E-state index contributed by atoms with van der Waals surface area (Å²) in [6.07, 6.45) is -0.0142. The van der Waals surface area contributed by atoms with Crippen molar-refractivity contribution < 1.29 is 9.52 Å². The lowest BCUT2D eigenvalue weighted by Crippen LogP contribution is -2.01. The highest BCUT2D eigenvalue weighted by Crippen LogP contribution is 2.23. The van der Waals surface area contributed by atoms with Crippen molar-refractivity contribution in [1.29, 1.82) is 0 Å².